The Morgan fingerprint density at radius 3 is 1.35 bits per heavy atom. The molecule has 0 spiro atoms. The lowest BCUT2D eigenvalue weighted by Crippen LogP contribution is -2.43. The molecule has 0 bridgehead atoms. The Labute approximate surface area is 410 Å². The molecule has 0 radical (unpaired) electrons. The lowest BCUT2D eigenvalue weighted by Gasteiger charge is -2.28. The minimum Gasteiger partial charge on any atom is -0.545 e. The third kappa shape index (κ3) is 74.4. The summed E-state index contributed by atoms with van der Waals surface area (Å²) in [5.41, 5.74) is 16.1. The summed E-state index contributed by atoms with van der Waals surface area (Å²) >= 11 is 0. The predicted octanol–water partition coefficient (Wildman–Crippen LogP) is 0.897. The van der Waals surface area contributed by atoms with E-state index in [0.717, 1.165) is 0 Å². The topological polar surface area (TPSA) is 400 Å². The number of quaternary nitrogens is 1. The first-order valence-electron chi connectivity index (χ1n) is 17.5. The Hall–Kier alpha value is -9.00. The molecule has 0 aromatic carbocycles. The number of aliphatic carboxylic acids is 4. The highest BCUT2D eigenvalue weighted by molar-refractivity contribution is 5.87. The molecule has 0 aromatic heterocycles. The van der Waals surface area contributed by atoms with E-state index >= 15 is 0 Å². The van der Waals surface area contributed by atoms with Gasteiger partial charge in [-0.25, -0.2) is 10.1 Å². The van der Waals surface area contributed by atoms with Crippen LogP contribution in [0.5, 0.6) is 0 Å². The van der Waals surface area contributed by atoms with Crippen molar-refractivity contribution in [2.75, 3.05) is 41.3 Å². The minimum absolute atomic E-state index is 0. The molecule has 0 aromatic rings. The zero-order valence-electron chi connectivity index (χ0n) is 37.3. The van der Waals surface area contributed by atoms with E-state index in [-0.39, 0.29) is 50.8 Å². The third-order valence-corrected chi connectivity index (χ3v) is 4.72. The lowest BCUT2D eigenvalue weighted by atomic mass is 10.1. The lowest BCUT2D eigenvalue weighted by molar-refractivity contribution is -0.873. The molecular formula is C40H72N8O20. The molecule has 0 saturated heterocycles. The average molecular weight is 985 g/mol. The van der Waals surface area contributed by atoms with Crippen molar-refractivity contribution >= 4 is 35.8 Å². The molecule has 28 heteroatoms. The molecule has 28 nitrogen and oxygen atoms in total. The zero-order valence-corrected chi connectivity index (χ0v) is 37.3. The van der Waals surface area contributed by atoms with Gasteiger partial charge < -0.3 is 39.2 Å². The van der Waals surface area contributed by atoms with Gasteiger partial charge in [0.1, 0.15) is 6.54 Å². The van der Waals surface area contributed by atoms with E-state index < -0.39 is 30.0 Å². The fraction of sp³-hybridized carbons (Fsp3) is 0.350. The van der Waals surface area contributed by atoms with E-state index in [2.05, 4.69) is 168 Å². The largest absolute Gasteiger partial charge is 0.545 e. The summed E-state index contributed by atoms with van der Waals surface area (Å²) in [5, 5.41) is 77.6. The van der Waals surface area contributed by atoms with Gasteiger partial charge in [-0.2, -0.15) is 10.5 Å². The molecule has 0 heterocycles. The molecule has 1 atom stereocenters. The van der Waals surface area contributed by atoms with Gasteiger partial charge in [-0.15, -0.1) is 0 Å². The number of nitrogens with zero attached hydrogens (tertiary/aromatic N) is 5. The number of guanidine groups is 1. The van der Waals surface area contributed by atoms with Crippen molar-refractivity contribution in [3.05, 3.63) is 12.2 Å². The molecule has 0 unspecified atom stereocenters. The maximum atomic E-state index is 11.5. The van der Waals surface area contributed by atoms with Crippen molar-refractivity contribution < 1.29 is 129 Å². The number of carbonyl (C=O) groups excluding carboxylic acids is 3. The van der Waals surface area contributed by atoms with Crippen LogP contribution in [0.25, 0.3) is 0 Å². The number of likely N-dealkylation sites (N-methyl/N-ethyl adjacent to an activating group) is 2. The number of nitrogens with one attached hydrogen (secondary N) is 1. The number of esters is 1. The van der Waals surface area contributed by atoms with Crippen LogP contribution in [0.2, 0.25) is 0 Å². The highest BCUT2D eigenvalue weighted by atomic mass is 17.9. The van der Waals surface area contributed by atoms with E-state index in [0.29, 0.717) is 29.6 Å². The molecule has 0 saturated carbocycles. The number of hydrogen-bond donors (Lipinski definition) is 6. The summed E-state index contributed by atoms with van der Waals surface area (Å²) in [4.78, 5) is 54.6. The Morgan fingerprint density at radius 2 is 1.07 bits per heavy atom. The number of carboxylic acid groups (broad SMARTS) is 4. The second-order valence-corrected chi connectivity index (χ2v) is 11.8. The summed E-state index contributed by atoms with van der Waals surface area (Å²) in [7, 11) is 7.31. The first-order chi connectivity index (χ1) is 32.1. The molecule has 0 rings (SSSR count). The molecule has 392 valence electrons. The first kappa shape index (κ1) is 68.1. The van der Waals surface area contributed by atoms with E-state index in [1.54, 1.807) is 13.8 Å². The van der Waals surface area contributed by atoms with E-state index in [1.165, 1.54) is 11.6 Å². The number of hydrogen-bond acceptors (Lipinski definition) is 20. The van der Waals surface area contributed by atoms with Crippen molar-refractivity contribution in [3.8, 4) is 107 Å². The smallest absolute Gasteiger partial charge is 0.341 e. The summed E-state index contributed by atoms with van der Waals surface area (Å²) in [6.07, 6.45) is 0.399. The summed E-state index contributed by atoms with van der Waals surface area (Å²) in [6.45, 7) is 7.59. The number of carbonyl (C=O) groups is 5. The van der Waals surface area contributed by atoms with Crippen molar-refractivity contribution in [2.24, 2.45) is 33.1 Å². The van der Waals surface area contributed by atoms with Crippen LogP contribution in [-0.4, -0.2) is 108 Å². The van der Waals surface area contributed by atoms with Crippen molar-refractivity contribution in [1.29, 1.82) is 5.53 Å². The van der Waals surface area contributed by atoms with Crippen LogP contribution in [0.4, 0.5) is 0 Å². The van der Waals surface area contributed by atoms with Crippen LogP contribution in [0.15, 0.2) is 27.9 Å². The maximum Gasteiger partial charge on any atom is 0.341 e. The van der Waals surface area contributed by atoms with E-state index in [9.17, 15) is 34.2 Å². The molecule has 0 amide bonds. The average Bonchev–Trinajstić information content (AvgIpc) is 3.23. The fourth-order valence-corrected chi connectivity index (χ4v) is 2.64. The monoisotopic (exact) mass is 984 g/mol. The van der Waals surface area contributed by atoms with Gasteiger partial charge in [-0.3, -0.25) is 25.6 Å². The van der Waals surface area contributed by atoms with Gasteiger partial charge in [0.15, 0.2) is 12.6 Å². The van der Waals surface area contributed by atoms with Crippen LogP contribution >= 0.6 is 0 Å². The highest BCUT2D eigenvalue weighted by Gasteiger charge is 2.25. The second-order valence-electron chi connectivity index (χ2n) is 11.8. The van der Waals surface area contributed by atoms with Gasteiger partial charge in [0.2, 0.25) is 0 Å². The quantitative estimate of drug-likeness (QED) is 0.00795. The number of carboxylic acids is 4. The SMILES string of the molecule is CC#CC#CC#CC#CC#CC#CC#CC#CC#CC.CC(C)CC(=O)O[C@H](CC(=O)O)C[N+](C)(C)C.C[N+](CC(=O)O)=C(N)N.N=N/N=N/OOOOOOOOOO.O=C([O-])/C=C/C(=O)[O-].[HH].[HH].[HH].[HH].[HH].[HH].[HH].[HH].[HH].[HH].[HH].[HH].[HH].[HH]. The Bertz CT molecular complexity index is 2230. The first-order valence-corrected chi connectivity index (χ1v) is 17.5. The summed E-state index contributed by atoms with van der Waals surface area (Å²) in [6, 6.07) is 0. The number of nitrogens with two attached hydrogens (primary N) is 2. The van der Waals surface area contributed by atoms with Gasteiger partial charge in [-0.05, 0) is 152 Å². The van der Waals surface area contributed by atoms with Crippen molar-refractivity contribution in [1.82, 2.24) is 0 Å². The number of ether oxygens (including phenoxy) is 1. The van der Waals surface area contributed by atoms with Gasteiger partial charge in [0.25, 0.3) is 0 Å². The summed E-state index contributed by atoms with van der Waals surface area (Å²) < 4.78 is 7.01. The van der Waals surface area contributed by atoms with Gasteiger partial charge in [0.05, 0.1) is 51.8 Å². The number of rotatable bonds is 21. The van der Waals surface area contributed by atoms with Gasteiger partial charge in [-0.1, -0.05) is 25.7 Å². The summed E-state index contributed by atoms with van der Waals surface area (Å²) in [5.74, 6) is 40.5. The molecule has 0 aliphatic carbocycles. The Balaban J connectivity index is -0.0000000351. The maximum absolute atomic E-state index is 11.5. The normalized spacial score (nSPS) is 8.97. The molecule has 0 aliphatic heterocycles. The minimum atomic E-state index is -1.55. The van der Waals surface area contributed by atoms with Crippen LogP contribution in [0.3, 0.4) is 0 Å². The van der Waals surface area contributed by atoms with Crippen LogP contribution in [0.1, 0.15) is 60.5 Å². The van der Waals surface area contributed by atoms with Crippen molar-refractivity contribution in [3.63, 3.8) is 0 Å². The predicted molar refractivity (Wildman–Crippen MR) is 249 cm³/mol. The highest BCUT2D eigenvalue weighted by Crippen LogP contribution is 2.09. The fourth-order valence-electron chi connectivity index (χ4n) is 2.64. The van der Waals surface area contributed by atoms with Crippen molar-refractivity contribution in [2.45, 2.75) is 46.6 Å². The molecule has 68 heavy (non-hydrogen) atoms. The Kier molecular flexibility index (Phi) is 50.7. The standard InChI is InChI=1S/C20H6.C12H23NO4.C4H9N3O2.C4H4O4.H2N4O10.14H2/c1-3-5-7-9-11-13-15-17-19-20-18-16-14-12-10-8-6-4-2;1-9(2)6-12(16)17-10(7-11(14)15)8-13(3,4)5;1-7(4(5)6)2-3(8)9;5-3(6)1-2-4(7)8;1-2-3-4-6-8-10-12-14-13-11-9-7-5;;;;;;;;;;;;;;/h1-2H3;9-10H,6-8H2,1-5H3;2H2,1H3,(H4,5,6,8,9);1-2H,(H,5,6)(H,7,8);1,5H;14*1H/b;;;2-1+;2-1?,4-3+;;;;;;;;;;;;;;/t;10-;;;;;;;;;;;;;;;;;/m.1................./s1. The van der Waals surface area contributed by atoms with Gasteiger partial charge >= 0.3 is 23.9 Å². The van der Waals surface area contributed by atoms with E-state index in [4.69, 9.17) is 37.2 Å². The Morgan fingerprint density at radius 1 is 0.691 bits per heavy atom. The molecule has 0 fully saturated rings. The van der Waals surface area contributed by atoms with Crippen LogP contribution in [-0.2, 0) is 74.0 Å². The third-order valence-electron chi connectivity index (χ3n) is 4.72. The molecule has 8 N–H and O–H groups in total. The van der Waals surface area contributed by atoms with Gasteiger partial charge in [0, 0.05) is 51.8 Å². The zero-order chi connectivity index (χ0) is 52.9. The molecular weight excluding hydrogens is 912 g/mol. The molecule has 0 aliphatic rings. The second kappa shape index (κ2) is 50.6. The van der Waals surface area contributed by atoms with Crippen LogP contribution < -0.4 is 21.7 Å². The van der Waals surface area contributed by atoms with Crippen LogP contribution in [0, 0.1) is 118 Å². The van der Waals surface area contributed by atoms with E-state index in [1.807, 2.05) is 35.0 Å².